The zero-order valence-corrected chi connectivity index (χ0v) is 11.6. The number of alkyl halides is 1. The van der Waals surface area contributed by atoms with Crippen LogP contribution in [0.25, 0.3) is 0 Å². The molecule has 0 radical (unpaired) electrons. The van der Waals surface area contributed by atoms with Crippen molar-refractivity contribution in [2.45, 2.75) is 58.4 Å². The second kappa shape index (κ2) is 4.86. The zero-order valence-electron chi connectivity index (χ0n) is 10.0. The molecule has 0 aromatic rings. The first kappa shape index (κ1) is 13.0. The molecule has 0 aromatic carbocycles. The van der Waals surface area contributed by atoms with Crippen LogP contribution in [0.5, 0.6) is 0 Å². The topological polar surface area (TPSA) is 29.1 Å². The summed E-state index contributed by atoms with van der Waals surface area (Å²) >= 11 is 3.53. The number of nitrogens with one attached hydrogen (secondary N) is 1. The Morgan fingerprint density at radius 1 is 1.33 bits per heavy atom. The minimum absolute atomic E-state index is 0.0440. The van der Waals surface area contributed by atoms with E-state index in [9.17, 15) is 4.79 Å². The Labute approximate surface area is 101 Å². The number of carbonyl (C=O) groups excluding carboxylic acids is 1. The van der Waals surface area contributed by atoms with Crippen LogP contribution in [0.3, 0.4) is 0 Å². The Balaban J connectivity index is 2.49. The van der Waals surface area contributed by atoms with E-state index in [1.807, 2.05) is 0 Å². The molecule has 88 valence electrons. The summed E-state index contributed by atoms with van der Waals surface area (Å²) < 4.78 is 0. The number of halogens is 1. The van der Waals surface area contributed by atoms with Gasteiger partial charge in [0.15, 0.2) is 0 Å². The van der Waals surface area contributed by atoms with Crippen LogP contribution in [0, 0.1) is 5.41 Å². The van der Waals surface area contributed by atoms with Gasteiger partial charge in [0.25, 0.3) is 0 Å². The highest BCUT2D eigenvalue weighted by molar-refractivity contribution is 9.09. The van der Waals surface area contributed by atoms with Gasteiger partial charge in [0.2, 0.25) is 5.91 Å². The zero-order chi connectivity index (χ0) is 11.5. The van der Waals surface area contributed by atoms with E-state index in [-0.39, 0.29) is 16.9 Å². The molecule has 15 heavy (non-hydrogen) atoms. The van der Waals surface area contributed by atoms with Crippen LogP contribution in [0.15, 0.2) is 0 Å². The standard InChI is InChI=1S/C12H22BrNO/c1-11(2,3)8-10(15)14-12(9-13)6-4-5-7-12/h4-9H2,1-3H3,(H,14,15). The molecule has 0 heterocycles. The first-order valence-corrected chi connectivity index (χ1v) is 6.86. The van der Waals surface area contributed by atoms with E-state index in [1.165, 1.54) is 12.8 Å². The molecule has 0 atom stereocenters. The summed E-state index contributed by atoms with van der Waals surface area (Å²) in [6.07, 6.45) is 5.33. The predicted octanol–water partition coefficient (Wildman–Crippen LogP) is 3.25. The predicted molar refractivity (Wildman–Crippen MR) is 67.2 cm³/mol. The third-order valence-corrected chi connectivity index (χ3v) is 3.99. The highest BCUT2D eigenvalue weighted by Gasteiger charge is 2.34. The molecule has 2 nitrogen and oxygen atoms in total. The van der Waals surface area contributed by atoms with Gasteiger partial charge in [0.1, 0.15) is 0 Å². The van der Waals surface area contributed by atoms with Gasteiger partial charge in [0.05, 0.1) is 0 Å². The molecule has 0 aromatic heterocycles. The van der Waals surface area contributed by atoms with Gasteiger partial charge in [-0.15, -0.1) is 0 Å². The molecule has 0 aliphatic heterocycles. The SMILES string of the molecule is CC(C)(C)CC(=O)NC1(CBr)CCCC1. The fourth-order valence-corrected chi connectivity index (χ4v) is 2.87. The van der Waals surface area contributed by atoms with Crippen LogP contribution in [0.1, 0.15) is 52.9 Å². The normalized spacial score (nSPS) is 20.3. The Bertz CT molecular complexity index is 226. The molecule has 1 N–H and O–H groups in total. The third-order valence-electron chi connectivity index (χ3n) is 2.91. The monoisotopic (exact) mass is 275 g/mol. The van der Waals surface area contributed by atoms with E-state index in [1.54, 1.807) is 0 Å². The van der Waals surface area contributed by atoms with Gasteiger partial charge in [0, 0.05) is 17.3 Å². The lowest BCUT2D eigenvalue weighted by Crippen LogP contribution is -2.48. The van der Waals surface area contributed by atoms with Crippen molar-refractivity contribution in [3.05, 3.63) is 0 Å². The van der Waals surface area contributed by atoms with E-state index < -0.39 is 0 Å². The first-order chi connectivity index (χ1) is 6.87. The maximum atomic E-state index is 11.8. The average molecular weight is 276 g/mol. The molecule has 1 fully saturated rings. The van der Waals surface area contributed by atoms with Crippen molar-refractivity contribution in [2.24, 2.45) is 5.41 Å². The van der Waals surface area contributed by atoms with Crippen LogP contribution in [-0.2, 0) is 4.79 Å². The van der Waals surface area contributed by atoms with E-state index >= 15 is 0 Å². The van der Waals surface area contributed by atoms with E-state index in [4.69, 9.17) is 0 Å². The largest absolute Gasteiger partial charge is 0.350 e. The molecular formula is C12H22BrNO. The Hall–Kier alpha value is -0.0500. The van der Waals surface area contributed by atoms with Crippen LogP contribution in [0.2, 0.25) is 0 Å². The smallest absolute Gasteiger partial charge is 0.220 e. The Morgan fingerprint density at radius 2 is 1.87 bits per heavy atom. The fraction of sp³-hybridized carbons (Fsp3) is 0.917. The maximum Gasteiger partial charge on any atom is 0.220 e. The number of hydrogen-bond acceptors (Lipinski definition) is 1. The lowest BCUT2D eigenvalue weighted by molar-refractivity contribution is -0.124. The van der Waals surface area contributed by atoms with Gasteiger partial charge in [-0.2, -0.15) is 0 Å². The quantitative estimate of drug-likeness (QED) is 0.788. The summed E-state index contributed by atoms with van der Waals surface area (Å²) in [5, 5.41) is 4.10. The summed E-state index contributed by atoms with van der Waals surface area (Å²) in [5.41, 5.74) is 0.124. The Kier molecular flexibility index (Phi) is 4.21. The summed E-state index contributed by atoms with van der Waals surface area (Å²) in [5.74, 6) is 0.198. The van der Waals surface area contributed by atoms with Crippen molar-refractivity contribution >= 4 is 21.8 Å². The highest BCUT2D eigenvalue weighted by atomic mass is 79.9. The minimum atomic E-state index is 0.0440. The molecule has 0 spiro atoms. The lowest BCUT2D eigenvalue weighted by atomic mass is 9.91. The minimum Gasteiger partial charge on any atom is -0.350 e. The molecular weight excluding hydrogens is 254 g/mol. The van der Waals surface area contributed by atoms with Gasteiger partial charge in [-0.05, 0) is 18.3 Å². The lowest BCUT2D eigenvalue weighted by Gasteiger charge is -2.29. The van der Waals surface area contributed by atoms with E-state index in [0.717, 1.165) is 18.2 Å². The van der Waals surface area contributed by atoms with Crippen molar-refractivity contribution in [2.75, 3.05) is 5.33 Å². The molecule has 1 amide bonds. The molecule has 1 rings (SSSR count). The summed E-state index contributed by atoms with van der Waals surface area (Å²) in [6, 6.07) is 0. The van der Waals surface area contributed by atoms with Gasteiger partial charge in [-0.3, -0.25) is 4.79 Å². The summed E-state index contributed by atoms with van der Waals surface area (Å²) in [6.45, 7) is 6.30. The maximum absolute atomic E-state index is 11.8. The van der Waals surface area contributed by atoms with Crippen molar-refractivity contribution in [1.29, 1.82) is 0 Å². The fourth-order valence-electron chi connectivity index (χ4n) is 2.17. The summed E-state index contributed by atoms with van der Waals surface area (Å²) in [4.78, 5) is 11.8. The number of amides is 1. The van der Waals surface area contributed by atoms with Crippen molar-refractivity contribution < 1.29 is 4.79 Å². The average Bonchev–Trinajstić information content (AvgIpc) is 2.50. The second-order valence-electron chi connectivity index (χ2n) is 5.91. The van der Waals surface area contributed by atoms with Gasteiger partial charge < -0.3 is 5.32 Å². The molecule has 3 heteroatoms. The molecule has 0 unspecified atom stereocenters. The Morgan fingerprint density at radius 3 is 2.27 bits per heavy atom. The molecule has 0 bridgehead atoms. The van der Waals surface area contributed by atoms with Crippen LogP contribution >= 0.6 is 15.9 Å². The van der Waals surface area contributed by atoms with E-state index in [2.05, 4.69) is 42.0 Å². The van der Waals surface area contributed by atoms with Crippen molar-refractivity contribution in [1.82, 2.24) is 5.32 Å². The number of rotatable bonds is 3. The highest BCUT2D eigenvalue weighted by Crippen LogP contribution is 2.31. The van der Waals surface area contributed by atoms with Crippen molar-refractivity contribution in [3.63, 3.8) is 0 Å². The second-order valence-corrected chi connectivity index (χ2v) is 6.47. The number of carbonyl (C=O) groups is 1. The van der Waals surface area contributed by atoms with Gasteiger partial charge in [-0.25, -0.2) is 0 Å². The molecule has 1 aliphatic rings. The number of hydrogen-bond donors (Lipinski definition) is 1. The van der Waals surface area contributed by atoms with Crippen LogP contribution in [0.4, 0.5) is 0 Å². The van der Waals surface area contributed by atoms with Crippen LogP contribution < -0.4 is 5.32 Å². The van der Waals surface area contributed by atoms with Crippen LogP contribution in [-0.4, -0.2) is 16.8 Å². The van der Waals surface area contributed by atoms with Gasteiger partial charge >= 0.3 is 0 Å². The molecule has 1 aliphatic carbocycles. The summed E-state index contributed by atoms with van der Waals surface area (Å²) in [7, 11) is 0. The first-order valence-electron chi connectivity index (χ1n) is 5.74. The molecule has 0 saturated heterocycles. The third kappa shape index (κ3) is 4.13. The molecule has 1 saturated carbocycles. The van der Waals surface area contributed by atoms with Crippen molar-refractivity contribution in [3.8, 4) is 0 Å². The van der Waals surface area contributed by atoms with Gasteiger partial charge in [-0.1, -0.05) is 49.5 Å². The van der Waals surface area contributed by atoms with E-state index in [0.29, 0.717) is 6.42 Å².